The highest BCUT2D eigenvalue weighted by atomic mass is 32.2. The van der Waals surface area contributed by atoms with E-state index in [0.29, 0.717) is 17.5 Å². The largest absolute Gasteiger partial charge is 0.298 e. The van der Waals surface area contributed by atoms with Gasteiger partial charge in [0.15, 0.2) is 0 Å². The van der Waals surface area contributed by atoms with Gasteiger partial charge in [0.25, 0.3) is 0 Å². The summed E-state index contributed by atoms with van der Waals surface area (Å²) in [5.74, 6) is 1.60. The van der Waals surface area contributed by atoms with Gasteiger partial charge >= 0.3 is 0 Å². The van der Waals surface area contributed by atoms with E-state index in [1.165, 1.54) is 12.8 Å². The SMILES string of the molecule is CC(C)(C)SCC(=O)C1CCCC1. The van der Waals surface area contributed by atoms with Crippen molar-refractivity contribution < 1.29 is 4.79 Å². The number of rotatable bonds is 3. The Labute approximate surface area is 85.7 Å². The quantitative estimate of drug-likeness (QED) is 0.695. The molecule has 0 amide bonds. The maximum absolute atomic E-state index is 11.7. The van der Waals surface area contributed by atoms with Crippen LogP contribution in [0, 0.1) is 5.92 Å². The topological polar surface area (TPSA) is 17.1 Å². The number of carbonyl (C=O) groups is 1. The van der Waals surface area contributed by atoms with Crippen LogP contribution in [0.2, 0.25) is 0 Å². The molecule has 0 aliphatic heterocycles. The minimum atomic E-state index is 0.230. The Morgan fingerprint density at radius 1 is 1.31 bits per heavy atom. The molecule has 0 bridgehead atoms. The monoisotopic (exact) mass is 200 g/mol. The van der Waals surface area contributed by atoms with Gasteiger partial charge in [-0.15, -0.1) is 11.8 Å². The van der Waals surface area contributed by atoms with Gasteiger partial charge in [-0.2, -0.15) is 0 Å². The predicted octanol–water partition coefficient (Wildman–Crippen LogP) is 3.28. The van der Waals surface area contributed by atoms with Crippen molar-refractivity contribution in [1.29, 1.82) is 0 Å². The van der Waals surface area contributed by atoms with Crippen LogP contribution in [0.25, 0.3) is 0 Å². The van der Waals surface area contributed by atoms with E-state index >= 15 is 0 Å². The van der Waals surface area contributed by atoms with Gasteiger partial charge in [0.2, 0.25) is 0 Å². The van der Waals surface area contributed by atoms with E-state index < -0.39 is 0 Å². The minimum absolute atomic E-state index is 0.230. The highest BCUT2D eigenvalue weighted by Crippen LogP contribution is 2.29. The van der Waals surface area contributed by atoms with Crippen LogP contribution in [0.15, 0.2) is 0 Å². The summed E-state index contributed by atoms with van der Waals surface area (Å²) in [6.07, 6.45) is 4.81. The molecular formula is C11H20OS. The first kappa shape index (κ1) is 11.1. The second kappa shape index (κ2) is 4.50. The number of hydrogen-bond donors (Lipinski definition) is 0. The van der Waals surface area contributed by atoms with Crippen LogP contribution in [0.5, 0.6) is 0 Å². The molecule has 0 heterocycles. The fraction of sp³-hybridized carbons (Fsp3) is 0.909. The summed E-state index contributed by atoms with van der Waals surface area (Å²) in [5.41, 5.74) is 0. The average Bonchev–Trinajstić information content (AvgIpc) is 2.50. The molecule has 0 N–H and O–H groups in total. The van der Waals surface area contributed by atoms with Crippen molar-refractivity contribution in [3.63, 3.8) is 0 Å². The Balaban J connectivity index is 2.25. The first-order chi connectivity index (χ1) is 5.99. The third kappa shape index (κ3) is 4.17. The molecule has 2 heteroatoms. The number of thioether (sulfide) groups is 1. The molecule has 0 atom stereocenters. The summed E-state index contributed by atoms with van der Waals surface area (Å²) in [7, 11) is 0. The van der Waals surface area contributed by atoms with Gasteiger partial charge in [-0.25, -0.2) is 0 Å². The van der Waals surface area contributed by atoms with Crippen molar-refractivity contribution in [3.8, 4) is 0 Å². The van der Waals surface area contributed by atoms with Crippen molar-refractivity contribution in [1.82, 2.24) is 0 Å². The van der Waals surface area contributed by atoms with Gasteiger partial charge in [0.05, 0.1) is 5.75 Å². The second-order valence-corrected chi connectivity index (χ2v) is 6.65. The molecule has 76 valence electrons. The van der Waals surface area contributed by atoms with Crippen LogP contribution >= 0.6 is 11.8 Å². The molecule has 1 aliphatic carbocycles. The maximum atomic E-state index is 11.7. The van der Waals surface area contributed by atoms with Crippen molar-refractivity contribution >= 4 is 17.5 Å². The van der Waals surface area contributed by atoms with E-state index in [9.17, 15) is 4.79 Å². The Bertz CT molecular complexity index is 175. The number of ketones is 1. The molecular weight excluding hydrogens is 180 g/mol. The van der Waals surface area contributed by atoms with E-state index in [-0.39, 0.29) is 4.75 Å². The van der Waals surface area contributed by atoms with E-state index in [1.807, 2.05) is 0 Å². The van der Waals surface area contributed by atoms with Crippen molar-refractivity contribution in [2.45, 2.75) is 51.2 Å². The molecule has 1 rings (SSSR count). The van der Waals surface area contributed by atoms with E-state index in [1.54, 1.807) is 11.8 Å². The summed E-state index contributed by atoms with van der Waals surface area (Å²) in [6, 6.07) is 0. The summed E-state index contributed by atoms with van der Waals surface area (Å²) >= 11 is 1.78. The lowest BCUT2D eigenvalue weighted by atomic mass is 10.0. The Kier molecular flexibility index (Phi) is 3.84. The van der Waals surface area contributed by atoms with Crippen LogP contribution in [-0.2, 0) is 4.79 Å². The fourth-order valence-corrected chi connectivity index (χ4v) is 2.46. The third-order valence-electron chi connectivity index (χ3n) is 2.46. The van der Waals surface area contributed by atoms with Gasteiger partial charge in [-0.1, -0.05) is 33.6 Å². The van der Waals surface area contributed by atoms with Gasteiger partial charge in [-0.3, -0.25) is 4.79 Å². The first-order valence-electron chi connectivity index (χ1n) is 5.16. The molecule has 1 fully saturated rings. The maximum Gasteiger partial charge on any atom is 0.145 e. The normalized spacial score (nSPS) is 19.3. The van der Waals surface area contributed by atoms with Gasteiger partial charge in [0.1, 0.15) is 5.78 Å². The van der Waals surface area contributed by atoms with E-state index in [4.69, 9.17) is 0 Å². The Morgan fingerprint density at radius 3 is 2.31 bits per heavy atom. The van der Waals surface area contributed by atoms with Crippen LogP contribution in [0.4, 0.5) is 0 Å². The lowest BCUT2D eigenvalue weighted by molar-refractivity contribution is -0.120. The molecule has 1 nitrogen and oxygen atoms in total. The molecule has 0 unspecified atom stereocenters. The van der Waals surface area contributed by atoms with Crippen LogP contribution < -0.4 is 0 Å². The molecule has 1 saturated carbocycles. The van der Waals surface area contributed by atoms with Gasteiger partial charge in [-0.05, 0) is 12.8 Å². The highest BCUT2D eigenvalue weighted by Gasteiger charge is 2.23. The summed E-state index contributed by atoms with van der Waals surface area (Å²) in [6.45, 7) is 6.50. The Morgan fingerprint density at radius 2 is 1.85 bits per heavy atom. The lowest BCUT2D eigenvalue weighted by Crippen LogP contribution is -2.18. The zero-order valence-corrected chi connectivity index (χ0v) is 9.75. The summed E-state index contributed by atoms with van der Waals surface area (Å²) < 4.78 is 0.230. The average molecular weight is 200 g/mol. The van der Waals surface area contributed by atoms with Gasteiger partial charge in [0, 0.05) is 10.7 Å². The van der Waals surface area contributed by atoms with E-state index in [0.717, 1.165) is 12.8 Å². The Hall–Kier alpha value is 0.0200. The predicted molar refractivity (Wildman–Crippen MR) is 59.2 cm³/mol. The van der Waals surface area contributed by atoms with E-state index in [2.05, 4.69) is 20.8 Å². The third-order valence-corrected chi connectivity index (χ3v) is 3.75. The van der Waals surface area contributed by atoms with Crippen molar-refractivity contribution in [2.75, 3.05) is 5.75 Å². The minimum Gasteiger partial charge on any atom is -0.298 e. The molecule has 13 heavy (non-hydrogen) atoms. The summed E-state index contributed by atoms with van der Waals surface area (Å²) in [4.78, 5) is 11.7. The van der Waals surface area contributed by atoms with Crippen LogP contribution in [-0.4, -0.2) is 16.3 Å². The number of hydrogen-bond acceptors (Lipinski definition) is 2. The van der Waals surface area contributed by atoms with Crippen molar-refractivity contribution in [2.24, 2.45) is 5.92 Å². The zero-order valence-electron chi connectivity index (χ0n) is 8.93. The second-order valence-electron chi connectivity index (χ2n) is 4.85. The molecule has 0 saturated heterocycles. The molecule has 0 aromatic rings. The smallest absolute Gasteiger partial charge is 0.145 e. The highest BCUT2D eigenvalue weighted by molar-refractivity contribution is 8.01. The number of Topliss-reactive ketones (excluding diaryl/α,β-unsaturated/α-hetero) is 1. The van der Waals surface area contributed by atoms with Crippen molar-refractivity contribution in [3.05, 3.63) is 0 Å². The van der Waals surface area contributed by atoms with Gasteiger partial charge < -0.3 is 0 Å². The molecule has 0 aromatic heterocycles. The van der Waals surface area contributed by atoms with Crippen LogP contribution in [0.3, 0.4) is 0 Å². The van der Waals surface area contributed by atoms with Crippen LogP contribution in [0.1, 0.15) is 46.5 Å². The first-order valence-corrected chi connectivity index (χ1v) is 6.14. The molecule has 0 radical (unpaired) electrons. The molecule has 1 aliphatic rings. The lowest BCUT2D eigenvalue weighted by Gasteiger charge is -2.18. The molecule has 0 aromatic carbocycles. The standard InChI is InChI=1S/C11H20OS/c1-11(2,3)13-8-10(12)9-6-4-5-7-9/h9H,4-8H2,1-3H3. The number of carbonyl (C=O) groups excluding carboxylic acids is 1. The zero-order chi connectivity index (χ0) is 9.90. The summed E-state index contributed by atoms with van der Waals surface area (Å²) in [5, 5.41) is 0. The molecule has 0 spiro atoms. The fourth-order valence-electron chi connectivity index (χ4n) is 1.65.